The number of carbonyl (C=O) groups excluding carboxylic acids is 8. The van der Waals surface area contributed by atoms with Gasteiger partial charge in [-0.1, -0.05) is 39.9 Å². The fourth-order valence-corrected chi connectivity index (χ4v) is 7.36. The molecule has 0 aromatic heterocycles. The summed E-state index contributed by atoms with van der Waals surface area (Å²) in [6, 6.07) is -10.6. The van der Waals surface area contributed by atoms with E-state index < -0.39 is 121 Å². The number of thioether (sulfide) groups is 1. The lowest BCUT2D eigenvalue weighted by Crippen LogP contribution is -2.59. The number of hydrogen-bond donors (Lipinski definition) is 4. The summed E-state index contributed by atoms with van der Waals surface area (Å²) in [5.41, 5.74) is 12.0. The molecule has 0 radical (unpaired) electrons. The van der Waals surface area contributed by atoms with Crippen LogP contribution in [-0.2, 0) is 47.8 Å². The molecule has 0 saturated carbocycles. The molecule has 2 aliphatic rings. The van der Waals surface area contributed by atoms with E-state index in [1.165, 1.54) is 42.0 Å². The SMILES string of the molecule is CC(C)[C@H]1C(=O)OC[C@@H](N)C(=O)N[C@@H](C)C(=O)N(C)[C@H]2CSC(=S)[C@@H](C(=O)N1C)N(C)C(=O)[C@H](C)NC(=O)[C@H](N)COC(=O)[C@H](C(C)C)N(C)C2=O. The molecule has 2 bridgehead atoms. The lowest BCUT2D eigenvalue weighted by molar-refractivity contribution is -0.159. The summed E-state index contributed by atoms with van der Waals surface area (Å²) in [6.07, 6.45) is 0. The average molecular weight is 773 g/mol. The van der Waals surface area contributed by atoms with Crippen LogP contribution in [0.15, 0.2) is 0 Å². The number of nitrogens with zero attached hydrogens (tertiary/aromatic N) is 4. The summed E-state index contributed by atoms with van der Waals surface area (Å²) in [7, 11) is 5.28. The van der Waals surface area contributed by atoms with Crippen molar-refractivity contribution in [3.05, 3.63) is 0 Å². The van der Waals surface area contributed by atoms with Gasteiger partial charge in [0.15, 0.2) is 6.04 Å². The summed E-state index contributed by atoms with van der Waals surface area (Å²) >= 11 is 6.58. The molecule has 0 spiro atoms. The number of rotatable bonds is 2. The fourth-order valence-electron chi connectivity index (χ4n) is 5.79. The number of hydrogen-bond acceptors (Lipinski definition) is 14. The van der Waals surface area contributed by atoms with Crippen molar-refractivity contribution in [1.29, 1.82) is 0 Å². The molecule has 18 nitrogen and oxygen atoms in total. The van der Waals surface area contributed by atoms with E-state index in [0.717, 1.165) is 31.4 Å². The van der Waals surface area contributed by atoms with E-state index in [1.54, 1.807) is 27.7 Å². The number of cyclic esters (lactones) is 2. The van der Waals surface area contributed by atoms with Crippen LogP contribution in [-0.4, -0.2) is 167 Å². The Balaban J connectivity index is 2.86. The first-order chi connectivity index (χ1) is 24.0. The van der Waals surface area contributed by atoms with Crippen LogP contribution in [0.25, 0.3) is 0 Å². The number of thiocarbonyl (C=S) groups is 1. The summed E-state index contributed by atoms with van der Waals surface area (Å²) in [4.78, 5) is 113. The van der Waals surface area contributed by atoms with Crippen molar-refractivity contribution in [1.82, 2.24) is 30.2 Å². The Hall–Kier alpha value is -3.88. The molecular weight excluding hydrogens is 721 g/mol. The smallest absolute Gasteiger partial charge is 0.329 e. The van der Waals surface area contributed by atoms with E-state index in [9.17, 15) is 38.4 Å². The van der Waals surface area contributed by atoms with Crippen LogP contribution >= 0.6 is 24.0 Å². The second kappa shape index (κ2) is 18.7. The first kappa shape index (κ1) is 44.3. The Morgan fingerprint density at radius 2 is 1.04 bits per heavy atom. The molecule has 0 aliphatic carbocycles. The van der Waals surface area contributed by atoms with Crippen molar-refractivity contribution in [2.24, 2.45) is 23.3 Å². The Morgan fingerprint density at radius 3 is 1.44 bits per heavy atom. The Bertz CT molecular complexity index is 1430. The van der Waals surface area contributed by atoms with Crippen molar-refractivity contribution in [2.75, 3.05) is 47.2 Å². The van der Waals surface area contributed by atoms with Crippen LogP contribution in [0.5, 0.6) is 0 Å². The van der Waals surface area contributed by atoms with E-state index in [-0.39, 0.29) is 9.95 Å². The number of nitrogens with one attached hydrogen (secondary N) is 2. The first-order valence-corrected chi connectivity index (χ1v) is 18.1. The van der Waals surface area contributed by atoms with Crippen molar-refractivity contribution >= 4 is 75.6 Å². The molecule has 2 saturated heterocycles. The Labute approximate surface area is 313 Å². The monoisotopic (exact) mass is 772 g/mol. The minimum atomic E-state index is -1.54. The van der Waals surface area contributed by atoms with Gasteiger partial charge in [0.2, 0.25) is 29.5 Å². The first-order valence-electron chi connectivity index (χ1n) is 16.7. The summed E-state index contributed by atoms with van der Waals surface area (Å²) in [6.45, 7) is 8.20. The van der Waals surface area contributed by atoms with E-state index in [1.807, 2.05) is 0 Å². The summed E-state index contributed by atoms with van der Waals surface area (Å²) in [5, 5.41) is 4.94. The highest BCUT2D eigenvalue weighted by Crippen LogP contribution is 2.24. The van der Waals surface area contributed by atoms with E-state index in [4.69, 9.17) is 33.2 Å². The molecule has 0 aromatic carbocycles. The third-order valence-electron chi connectivity index (χ3n) is 8.89. The summed E-state index contributed by atoms with van der Waals surface area (Å²) in [5.74, 6) is -7.76. The van der Waals surface area contributed by atoms with Crippen LogP contribution in [0.1, 0.15) is 41.5 Å². The van der Waals surface area contributed by atoms with Gasteiger partial charge in [-0.05, 0) is 25.7 Å². The van der Waals surface area contributed by atoms with Gasteiger partial charge in [-0.15, -0.1) is 11.8 Å². The highest BCUT2D eigenvalue weighted by Gasteiger charge is 2.43. The average Bonchev–Trinajstić information content (AvgIpc) is 3.07. The maximum Gasteiger partial charge on any atom is 0.329 e. The lowest BCUT2D eigenvalue weighted by atomic mass is 10.0. The van der Waals surface area contributed by atoms with Gasteiger partial charge in [0.05, 0.1) is 4.20 Å². The highest BCUT2D eigenvalue weighted by atomic mass is 32.2. The molecule has 2 fully saturated rings. The molecule has 0 unspecified atom stereocenters. The summed E-state index contributed by atoms with van der Waals surface area (Å²) < 4.78 is 10.6. The van der Waals surface area contributed by atoms with E-state index >= 15 is 0 Å². The van der Waals surface area contributed by atoms with Gasteiger partial charge in [-0.25, -0.2) is 9.59 Å². The van der Waals surface area contributed by atoms with Gasteiger partial charge in [0, 0.05) is 33.9 Å². The topological polar surface area (TPSA) is 244 Å². The van der Waals surface area contributed by atoms with Crippen molar-refractivity contribution in [3.63, 3.8) is 0 Å². The standard InChI is InChI=1S/C32H52N8O10S2/c1-14(2)21-30(47)49-11-19(34)25(42)36-17(6)27(44)40(10)23-29(46)39(9)22(15(3)4)31(48)50-12-18(33)24(41)35-16(5)26(43)37(7)20(13-52-32(23)51)28(45)38(21)8/h14-23H,11-13,33-34H2,1-10H3,(H,35,41)(H,36,42)/t16-,17-,18+,19+,20-,21-,22-,23+/m0/s1. The van der Waals surface area contributed by atoms with Gasteiger partial charge in [0.25, 0.3) is 5.91 Å². The second-order valence-electron chi connectivity index (χ2n) is 13.7. The third kappa shape index (κ3) is 10.4. The zero-order chi connectivity index (χ0) is 39.9. The van der Waals surface area contributed by atoms with Crippen LogP contribution < -0.4 is 22.1 Å². The third-order valence-corrected chi connectivity index (χ3v) is 10.5. The largest absolute Gasteiger partial charge is 0.462 e. The Kier molecular flexibility index (Phi) is 16.0. The van der Waals surface area contributed by atoms with Crippen LogP contribution in [0.2, 0.25) is 0 Å². The van der Waals surface area contributed by atoms with Crippen molar-refractivity contribution in [2.45, 2.75) is 89.9 Å². The predicted molar refractivity (Wildman–Crippen MR) is 194 cm³/mol. The normalized spacial score (nSPS) is 30.8. The molecule has 2 rings (SSSR count). The highest BCUT2D eigenvalue weighted by molar-refractivity contribution is 8.23. The maximum atomic E-state index is 14.4. The van der Waals surface area contributed by atoms with Gasteiger partial charge in [-0.2, -0.15) is 0 Å². The number of ether oxygens (including phenoxy) is 2. The van der Waals surface area contributed by atoms with Gasteiger partial charge < -0.3 is 51.2 Å². The number of esters is 2. The van der Waals surface area contributed by atoms with Gasteiger partial charge in [0.1, 0.15) is 55.5 Å². The molecule has 6 N–H and O–H groups in total. The number of carbonyl (C=O) groups is 8. The van der Waals surface area contributed by atoms with Crippen molar-refractivity contribution in [3.8, 4) is 0 Å². The van der Waals surface area contributed by atoms with Gasteiger partial charge in [-0.3, -0.25) is 28.8 Å². The number of nitrogens with two attached hydrogens (primary N) is 2. The van der Waals surface area contributed by atoms with Crippen LogP contribution in [0.4, 0.5) is 0 Å². The fraction of sp³-hybridized carbons (Fsp3) is 0.719. The predicted octanol–water partition coefficient (Wildman–Crippen LogP) is -2.56. The molecule has 20 heteroatoms. The number of likely N-dealkylation sites (N-methyl/N-ethyl adjacent to an activating group) is 4. The molecule has 2 heterocycles. The second-order valence-corrected chi connectivity index (χ2v) is 15.4. The minimum Gasteiger partial charge on any atom is -0.462 e. The van der Waals surface area contributed by atoms with Crippen LogP contribution in [0.3, 0.4) is 0 Å². The Morgan fingerprint density at radius 1 is 0.654 bits per heavy atom. The molecule has 292 valence electrons. The zero-order valence-electron chi connectivity index (χ0n) is 31.2. The molecule has 8 atom stereocenters. The van der Waals surface area contributed by atoms with Gasteiger partial charge >= 0.3 is 11.9 Å². The molecular formula is C32H52N8O10S2. The molecule has 52 heavy (non-hydrogen) atoms. The van der Waals surface area contributed by atoms with Crippen molar-refractivity contribution < 1.29 is 47.8 Å². The quantitative estimate of drug-likeness (QED) is 0.167. The maximum absolute atomic E-state index is 14.4. The lowest BCUT2D eigenvalue weighted by Gasteiger charge is -2.37. The minimum absolute atomic E-state index is 0.114. The van der Waals surface area contributed by atoms with Crippen LogP contribution in [0, 0.1) is 11.8 Å². The van der Waals surface area contributed by atoms with E-state index in [0.29, 0.717) is 0 Å². The number of amides is 6. The molecule has 0 aromatic rings. The molecule has 6 amide bonds. The zero-order valence-corrected chi connectivity index (χ0v) is 32.9. The molecule has 2 aliphatic heterocycles. The number of fused-ring (bicyclic) bond motifs is 4. The van der Waals surface area contributed by atoms with E-state index in [2.05, 4.69) is 10.6 Å².